The van der Waals surface area contributed by atoms with Crippen LogP contribution < -0.4 is 10.0 Å². The summed E-state index contributed by atoms with van der Waals surface area (Å²) in [4.78, 5) is -0.554. The van der Waals surface area contributed by atoms with Gasteiger partial charge in [-0.15, -0.1) is 0 Å². The molecule has 2 N–H and O–H groups in total. The molecule has 1 aliphatic carbocycles. The fourth-order valence-electron chi connectivity index (χ4n) is 3.60. The molecule has 0 saturated heterocycles. The molecule has 0 heterocycles. The Morgan fingerprint density at radius 1 is 1.04 bits per heavy atom. The van der Waals surface area contributed by atoms with Crippen molar-refractivity contribution in [1.29, 1.82) is 0 Å². The second-order valence-corrected chi connectivity index (χ2v) is 9.61. The molecule has 152 valence electrons. The van der Waals surface area contributed by atoms with Crippen LogP contribution in [0.15, 0.2) is 51.8 Å². The lowest BCUT2D eigenvalue weighted by Gasteiger charge is -2.31. The first-order valence-corrected chi connectivity index (χ1v) is 11.6. The molecule has 1 saturated carbocycles. The Hall–Kier alpha value is -1.51. The molecule has 0 radical (unpaired) electrons. The van der Waals surface area contributed by atoms with Gasteiger partial charge < -0.3 is 5.32 Å². The highest BCUT2D eigenvalue weighted by Crippen LogP contribution is 2.29. The molecular weight excluding hydrogens is 450 g/mol. The van der Waals surface area contributed by atoms with Crippen LogP contribution in [0, 0.1) is 17.6 Å². The van der Waals surface area contributed by atoms with Gasteiger partial charge in [0, 0.05) is 24.3 Å². The zero-order valence-electron chi connectivity index (χ0n) is 15.3. The van der Waals surface area contributed by atoms with Crippen molar-refractivity contribution >= 4 is 31.6 Å². The zero-order valence-corrected chi connectivity index (χ0v) is 17.7. The molecule has 0 amide bonds. The van der Waals surface area contributed by atoms with E-state index in [4.69, 9.17) is 0 Å². The third-order valence-electron chi connectivity index (χ3n) is 5.09. The maximum atomic E-state index is 14.2. The van der Waals surface area contributed by atoms with Crippen molar-refractivity contribution in [2.45, 2.75) is 43.0 Å². The molecule has 28 heavy (non-hydrogen) atoms. The molecule has 1 aliphatic rings. The van der Waals surface area contributed by atoms with Gasteiger partial charge in [0.05, 0.1) is 4.47 Å². The van der Waals surface area contributed by atoms with E-state index in [1.165, 1.54) is 0 Å². The molecule has 3 rings (SSSR count). The van der Waals surface area contributed by atoms with Gasteiger partial charge in [-0.2, -0.15) is 0 Å². The summed E-state index contributed by atoms with van der Waals surface area (Å²) in [5.41, 5.74) is 0.887. The van der Waals surface area contributed by atoms with Crippen molar-refractivity contribution in [2.75, 3.05) is 11.9 Å². The standard InChI is InChI=1S/C20H23BrF2N2O2S/c21-16-11-20(18(23)12-17(16)22)28(26,27)25-19(14-7-3-1-4-8-14)13-24-15-9-5-2-6-10-15/h2,5-6,9-12,14,19,24-25H,1,3-4,7-8,13H2. The van der Waals surface area contributed by atoms with Gasteiger partial charge in [-0.1, -0.05) is 37.5 Å². The molecule has 0 spiro atoms. The highest BCUT2D eigenvalue weighted by Gasteiger charge is 2.30. The number of benzene rings is 2. The van der Waals surface area contributed by atoms with Crippen molar-refractivity contribution < 1.29 is 17.2 Å². The van der Waals surface area contributed by atoms with E-state index in [0.29, 0.717) is 12.6 Å². The Balaban J connectivity index is 1.82. The fourth-order valence-corrected chi connectivity index (χ4v) is 5.48. The number of anilines is 1. The maximum absolute atomic E-state index is 14.2. The minimum Gasteiger partial charge on any atom is -0.383 e. The molecule has 0 aromatic heterocycles. The van der Waals surface area contributed by atoms with Gasteiger partial charge in [0.25, 0.3) is 0 Å². The van der Waals surface area contributed by atoms with E-state index < -0.39 is 32.6 Å². The Bertz CT molecular complexity index is 904. The van der Waals surface area contributed by atoms with E-state index in [1.54, 1.807) is 0 Å². The van der Waals surface area contributed by atoms with Gasteiger partial charge >= 0.3 is 0 Å². The van der Waals surface area contributed by atoms with Gasteiger partial charge in [-0.25, -0.2) is 21.9 Å². The quantitative estimate of drug-likeness (QED) is 0.553. The van der Waals surface area contributed by atoms with Crippen LogP contribution in [-0.4, -0.2) is 21.0 Å². The van der Waals surface area contributed by atoms with Crippen molar-refractivity contribution in [3.05, 3.63) is 58.6 Å². The van der Waals surface area contributed by atoms with Crippen LogP contribution in [0.25, 0.3) is 0 Å². The van der Waals surface area contributed by atoms with E-state index in [0.717, 1.165) is 43.9 Å². The monoisotopic (exact) mass is 472 g/mol. The van der Waals surface area contributed by atoms with E-state index in [-0.39, 0.29) is 10.4 Å². The van der Waals surface area contributed by atoms with E-state index in [1.807, 2.05) is 30.3 Å². The Morgan fingerprint density at radius 3 is 2.39 bits per heavy atom. The lowest BCUT2D eigenvalue weighted by molar-refractivity contribution is 0.297. The number of para-hydroxylation sites is 1. The molecule has 1 atom stereocenters. The summed E-state index contributed by atoms with van der Waals surface area (Å²) in [5.74, 6) is -1.79. The molecule has 2 aromatic carbocycles. The van der Waals surface area contributed by atoms with Gasteiger partial charge in [0.15, 0.2) is 0 Å². The molecule has 8 heteroatoms. The van der Waals surface area contributed by atoms with Crippen LogP contribution in [0.4, 0.5) is 14.5 Å². The summed E-state index contributed by atoms with van der Waals surface area (Å²) < 4.78 is 56.0. The summed E-state index contributed by atoms with van der Waals surface area (Å²) in [5, 5.41) is 3.26. The number of halogens is 3. The number of hydrogen-bond acceptors (Lipinski definition) is 3. The van der Waals surface area contributed by atoms with Crippen LogP contribution in [0.1, 0.15) is 32.1 Å². The van der Waals surface area contributed by atoms with Crippen molar-refractivity contribution in [3.63, 3.8) is 0 Å². The van der Waals surface area contributed by atoms with Crippen LogP contribution in [0.3, 0.4) is 0 Å². The second kappa shape index (κ2) is 9.33. The largest absolute Gasteiger partial charge is 0.383 e. The number of nitrogens with one attached hydrogen (secondary N) is 2. The average molecular weight is 473 g/mol. The lowest BCUT2D eigenvalue weighted by atomic mass is 9.84. The molecule has 4 nitrogen and oxygen atoms in total. The second-order valence-electron chi connectivity index (χ2n) is 7.07. The smallest absolute Gasteiger partial charge is 0.243 e. The highest BCUT2D eigenvalue weighted by atomic mass is 79.9. The molecule has 2 aromatic rings. The van der Waals surface area contributed by atoms with Gasteiger partial charge in [0.2, 0.25) is 10.0 Å². The van der Waals surface area contributed by atoms with Gasteiger partial charge in [-0.3, -0.25) is 0 Å². The summed E-state index contributed by atoms with van der Waals surface area (Å²) in [6.45, 7) is 0.387. The highest BCUT2D eigenvalue weighted by molar-refractivity contribution is 9.10. The maximum Gasteiger partial charge on any atom is 0.243 e. The van der Waals surface area contributed by atoms with Crippen molar-refractivity contribution in [1.82, 2.24) is 4.72 Å². The topological polar surface area (TPSA) is 58.2 Å². The SMILES string of the molecule is O=S(=O)(NC(CNc1ccccc1)C1CCCCC1)c1cc(Br)c(F)cc1F. The Labute approximate surface area is 172 Å². The Kier molecular flexibility index (Phi) is 7.06. The normalized spacial score (nSPS) is 16.7. The van der Waals surface area contributed by atoms with Crippen molar-refractivity contribution in [3.8, 4) is 0 Å². The van der Waals surface area contributed by atoms with Crippen LogP contribution in [0.2, 0.25) is 0 Å². The predicted molar refractivity (Wildman–Crippen MR) is 110 cm³/mol. The average Bonchev–Trinajstić information content (AvgIpc) is 2.69. The Morgan fingerprint density at radius 2 is 1.71 bits per heavy atom. The molecule has 1 unspecified atom stereocenters. The first-order chi connectivity index (χ1) is 13.4. The van der Waals surface area contributed by atoms with Crippen molar-refractivity contribution in [2.24, 2.45) is 5.92 Å². The molecular formula is C20H23BrF2N2O2S. The van der Waals surface area contributed by atoms with Crippen LogP contribution in [0.5, 0.6) is 0 Å². The number of sulfonamides is 1. The zero-order chi connectivity index (χ0) is 20.1. The minimum absolute atomic E-state index is 0.0918. The molecule has 0 aliphatic heterocycles. The third-order valence-corrected chi connectivity index (χ3v) is 7.20. The van der Waals surface area contributed by atoms with E-state index in [2.05, 4.69) is 26.0 Å². The summed E-state index contributed by atoms with van der Waals surface area (Å²) >= 11 is 2.93. The third kappa shape index (κ3) is 5.30. The lowest BCUT2D eigenvalue weighted by Crippen LogP contribution is -2.45. The van der Waals surface area contributed by atoms with E-state index in [9.17, 15) is 17.2 Å². The summed E-state index contributed by atoms with van der Waals surface area (Å²) in [7, 11) is -4.14. The summed E-state index contributed by atoms with van der Waals surface area (Å²) in [6.07, 6.45) is 5.06. The molecule has 0 bridgehead atoms. The first kappa shape index (κ1) is 21.2. The number of hydrogen-bond donors (Lipinski definition) is 2. The van der Waals surface area contributed by atoms with Crippen LogP contribution >= 0.6 is 15.9 Å². The van der Waals surface area contributed by atoms with E-state index >= 15 is 0 Å². The van der Waals surface area contributed by atoms with Crippen LogP contribution in [-0.2, 0) is 10.0 Å². The summed E-state index contributed by atoms with van der Waals surface area (Å²) in [6, 6.07) is 10.7. The minimum atomic E-state index is -4.14. The first-order valence-electron chi connectivity index (χ1n) is 9.32. The molecule has 1 fully saturated rings. The predicted octanol–water partition coefficient (Wildman–Crippen LogP) is 5.07. The van der Waals surface area contributed by atoms with Gasteiger partial charge in [0.1, 0.15) is 16.5 Å². The number of rotatable bonds is 7. The fraction of sp³-hybridized carbons (Fsp3) is 0.400. The van der Waals surface area contributed by atoms with Gasteiger partial charge in [-0.05, 0) is 52.9 Å².